The van der Waals surface area contributed by atoms with Gasteiger partial charge in [0.2, 0.25) is 0 Å². The van der Waals surface area contributed by atoms with E-state index in [4.69, 9.17) is 16.0 Å². The van der Waals surface area contributed by atoms with Crippen LogP contribution in [0.5, 0.6) is 5.75 Å². The Labute approximate surface area is 182 Å². The van der Waals surface area contributed by atoms with Crippen molar-refractivity contribution in [2.75, 3.05) is 0 Å². The van der Waals surface area contributed by atoms with Crippen LogP contribution < -0.4 is 0 Å². The molecular formula is C22H16ClN3O3S. The summed E-state index contributed by atoms with van der Waals surface area (Å²) in [5, 5.41) is 19.2. The fourth-order valence-corrected chi connectivity index (χ4v) is 3.79. The molecule has 0 spiro atoms. The highest BCUT2D eigenvalue weighted by molar-refractivity contribution is 8.18. The van der Waals surface area contributed by atoms with Crippen molar-refractivity contribution in [2.24, 2.45) is 10.2 Å². The molecule has 0 radical (unpaired) electrons. The first-order valence-corrected chi connectivity index (χ1v) is 10.2. The molecule has 1 aliphatic rings. The minimum Gasteiger partial charge on any atom is -0.507 e. The third kappa shape index (κ3) is 4.64. The molecule has 0 unspecified atom stereocenters. The van der Waals surface area contributed by atoms with Crippen LogP contribution in [-0.2, 0) is 11.3 Å². The summed E-state index contributed by atoms with van der Waals surface area (Å²) >= 11 is 7.16. The lowest BCUT2D eigenvalue weighted by Gasteiger charge is -2.12. The zero-order chi connectivity index (χ0) is 20.9. The molecule has 8 heteroatoms. The van der Waals surface area contributed by atoms with E-state index in [1.807, 2.05) is 12.1 Å². The average Bonchev–Trinajstić information content (AvgIpc) is 3.35. The SMILES string of the molecule is O=C1/C(=C/c2ccc(Cl)cc2)S/C(=N\N=C\c2ccccc2O)N1Cc1ccco1. The van der Waals surface area contributed by atoms with Gasteiger partial charge in [0.1, 0.15) is 11.5 Å². The Morgan fingerprint density at radius 1 is 1.10 bits per heavy atom. The van der Waals surface area contributed by atoms with Crippen molar-refractivity contribution in [3.8, 4) is 5.75 Å². The molecular weight excluding hydrogens is 422 g/mol. The third-order valence-electron chi connectivity index (χ3n) is 4.23. The number of halogens is 1. The minimum absolute atomic E-state index is 0.104. The largest absolute Gasteiger partial charge is 0.507 e. The number of benzene rings is 2. The number of hydrogen-bond donors (Lipinski definition) is 1. The quantitative estimate of drug-likeness (QED) is 0.340. The van der Waals surface area contributed by atoms with E-state index in [-0.39, 0.29) is 18.2 Å². The van der Waals surface area contributed by atoms with Crippen molar-refractivity contribution in [1.82, 2.24) is 4.90 Å². The van der Waals surface area contributed by atoms with Crippen molar-refractivity contribution in [3.63, 3.8) is 0 Å². The first-order valence-electron chi connectivity index (χ1n) is 8.98. The number of amides is 1. The number of furan rings is 1. The van der Waals surface area contributed by atoms with Gasteiger partial charge >= 0.3 is 0 Å². The molecule has 6 nitrogen and oxygen atoms in total. The Hall–Kier alpha value is -3.29. The van der Waals surface area contributed by atoms with Gasteiger partial charge < -0.3 is 9.52 Å². The van der Waals surface area contributed by atoms with E-state index in [2.05, 4.69) is 10.2 Å². The number of para-hydroxylation sites is 1. The summed E-state index contributed by atoms with van der Waals surface area (Å²) in [6.45, 7) is 0.238. The Morgan fingerprint density at radius 3 is 2.63 bits per heavy atom. The maximum absolute atomic E-state index is 13.0. The number of hydrogen-bond acceptors (Lipinski definition) is 6. The summed E-state index contributed by atoms with van der Waals surface area (Å²) in [5.41, 5.74) is 1.39. The fraction of sp³-hybridized carbons (Fsp3) is 0.0455. The van der Waals surface area contributed by atoms with Crippen LogP contribution in [0.15, 0.2) is 86.5 Å². The van der Waals surface area contributed by atoms with Gasteiger partial charge in [-0.05, 0) is 59.8 Å². The maximum Gasteiger partial charge on any atom is 0.267 e. The van der Waals surface area contributed by atoms with E-state index >= 15 is 0 Å². The summed E-state index contributed by atoms with van der Waals surface area (Å²) in [6, 6.07) is 17.6. The maximum atomic E-state index is 13.0. The molecule has 1 fully saturated rings. The Balaban J connectivity index is 1.62. The van der Waals surface area contributed by atoms with Crippen LogP contribution in [0.4, 0.5) is 0 Å². The van der Waals surface area contributed by atoms with Crippen molar-refractivity contribution in [2.45, 2.75) is 6.54 Å². The molecule has 150 valence electrons. The zero-order valence-electron chi connectivity index (χ0n) is 15.6. The number of amidine groups is 1. The minimum atomic E-state index is -0.192. The molecule has 1 amide bonds. The summed E-state index contributed by atoms with van der Waals surface area (Å²) in [4.78, 5) is 15.0. The lowest BCUT2D eigenvalue weighted by Crippen LogP contribution is -2.28. The lowest BCUT2D eigenvalue weighted by atomic mass is 10.2. The standard InChI is InChI=1S/C22H16ClN3O3S/c23-17-9-7-15(8-10-17)12-20-21(28)26(14-18-5-3-11-29-18)22(30-20)25-24-13-16-4-1-2-6-19(16)27/h1-13,27H,14H2/b20-12-,24-13+,25-22-. The Kier molecular flexibility index (Phi) is 6.02. The van der Waals surface area contributed by atoms with Crippen LogP contribution in [0, 0.1) is 0 Å². The normalized spacial score (nSPS) is 17.0. The molecule has 0 aliphatic carbocycles. The second-order valence-electron chi connectivity index (χ2n) is 6.32. The molecule has 4 rings (SSSR count). The predicted octanol–water partition coefficient (Wildman–Crippen LogP) is 5.15. The van der Waals surface area contributed by atoms with Gasteiger partial charge in [0.25, 0.3) is 5.91 Å². The van der Waals surface area contributed by atoms with Crippen LogP contribution in [-0.4, -0.2) is 27.3 Å². The first-order chi connectivity index (χ1) is 14.6. The lowest BCUT2D eigenvalue weighted by molar-refractivity contribution is -0.122. The molecule has 0 saturated carbocycles. The number of nitrogens with zero attached hydrogens (tertiary/aromatic N) is 3. The molecule has 1 aliphatic heterocycles. The third-order valence-corrected chi connectivity index (χ3v) is 5.48. The number of carbonyl (C=O) groups is 1. The topological polar surface area (TPSA) is 78.4 Å². The van der Waals surface area contributed by atoms with Crippen LogP contribution in [0.3, 0.4) is 0 Å². The molecule has 1 aromatic heterocycles. The van der Waals surface area contributed by atoms with Crippen molar-refractivity contribution in [3.05, 3.63) is 93.7 Å². The van der Waals surface area contributed by atoms with Crippen molar-refractivity contribution >= 4 is 46.7 Å². The smallest absolute Gasteiger partial charge is 0.267 e. The molecule has 0 bridgehead atoms. The van der Waals surface area contributed by atoms with Gasteiger partial charge in [-0.15, -0.1) is 5.10 Å². The van der Waals surface area contributed by atoms with Gasteiger partial charge in [0, 0.05) is 10.6 Å². The Morgan fingerprint density at radius 2 is 1.90 bits per heavy atom. The van der Waals surface area contributed by atoms with Crippen molar-refractivity contribution < 1.29 is 14.3 Å². The summed E-state index contributed by atoms with van der Waals surface area (Å²) in [6.07, 6.45) is 4.79. The highest BCUT2D eigenvalue weighted by atomic mass is 35.5. The van der Waals surface area contributed by atoms with Gasteiger partial charge in [-0.2, -0.15) is 5.10 Å². The zero-order valence-corrected chi connectivity index (χ0v) is 17.2. The van der Waals surface area contributed by atoms with Gasteiger partial charge in [-0.3, -0.25) is 9.69 Å². The molecule has 1 saturated heterocycles. The van der Waals surface area contributed by atoms with Crippen molar-refractivity contribution in [1.29, 1.82) is 0 Å². The highest BCUT2D eigenvalue weighted by Crippen LogP contribution is 2.34. The number of phenols is 1. The molecule has 2 heterocycles. The number of thioether (sulfide) groups is 1. The van der Waals surface area contributed by atoms with E-state index in [0.29, 0.717) is 26.4 Å². The van der Waals surface area contributed by atoms with E-state index < -0.39 is 0 Å². The van der Waals surface area contributed by atoms with Crippen LogP contribution >= 0.6 is 23.4 Å². The molecule has 2 aromatic carbocycles. The number of rotatable bonds is 5. The molecule has 0 atom stereocenters. The van der Waals surface area contributed by atoms with Gasteiger partial charge in [-0.25, -0.2) is 0 Å². The van der Waals surface area contributed by atoms with Crippen LogP contribution in [0.25, 0.3) is 6.08 Å². The number of phenolic OH excluding ortho intramolecular Hbond substituents is 1. The second kappa shape index (κ2) is 9.02. The highest BCUT2D eigenvalue weighted by Gasteiger charge is 2.34. The predicted molar refractivity (Wildman–Crippen MR) is 119 cm³/mol. The second-order valence-corrected chi connectivity index (χ2v) is 7.76. The monoisotopic (exact) mass is 437 g/mol. The van der Waals surface area contributed by atoms with Gasteiger partial charge in [0.15, 0.2) is 5.17 Å². The molecule has 30 heavy (non-hydrogen) atoms. The molecule has 1 N–H and O–H groups in total. The van der Waals surface area contributed by atoms with E-state index in [1.54, 1.807) is 60.9 Å². The van der Waals surface area contributed by atoms with Crippen LogP contribution in [0.1, 0.15) is 16.9 Å². The van der Waals surface area contributed by atoms with Gasteiger partial charge in [0.05, 0.1) is 23.9 Å². The average molecular weight is 438 g/mol. The van der Waals surface area contributed by atoms with E-state index in [1.165, 1.54) is 22.9 Å². The van der Waals surface area contributed by atoms with E-state index in [9.17, 15) is 9.90 Å². The van der Waals surface area contributed by atoms with Gasteiger partial charge in [-0.1, -0.05) is 35.9 Å². The summed E-state index contributed by atoms with van der Waals surface area (Å²) in [5.74, 6) is 0.546. The summed E-state index contributed by atoms with van der Waals surface area (Å²) < 4.78 is 5.38. The first kappa shape index (κ1) is 20.0. The van der Waals surface area contributed by atoms with Crippen LogP contribution in [0.2, 0.25) is 5.02 Å². The summed E-state index contributed by atoms with van der Waals surface area (Å²) in [7, 11) is 0. The Bertz CT molecular complexity index is 1140. The molecule has 3 aromatic rings. The number of aromatic hydroxyl groups is 1. The number of carbonyl (C=O) groups excluding carboxylic acids is 1. The fourth-order valence-electron chi connectivity index (χ4n) is 2.73. The van der Waals surface area contributed by atoms with E-state index in [0.717, 1.165) is 5.56 Å².